The number of rotatable bonds is 2. The van der Waals surface area contributed by atoms with E-state index in [1.165, 1.54) is 16.7 Å². The van der Waals surface area contributed by atoms with Crippen LogP contribution in [0.1, 0.15) is 68.4 Å². The molecule has 0 nitrogen and oxygen atoms in total. The summed E-state index contributed by atoms with van der Waals surface area (Å²) in [5.74, 6) is 6.38. The molecule has 0 aliphatic rings. The van der Waals surface area contributed by atoms with Gasteiger partial charge < -0.3 is 0 Å². The average molecular weight is 440 g/mol. The van der Waals surface area contributed by atoms with Crippen molar-refractivity contribution in [3.63, 3.8) is 0 Å². The van der Waals surface area contributed by atoms with Crippen molar-refractivity contribution in [2.24, 2.45) is 0 Å². The minimum Gasteiger partial charge on any atom is -0.0617 e. The molecule has 0 bridgehead atoms. The van der Waals surface area contributed by atoms with E-state index in [2.05, 4.69) is 117 Å². The van der Waals surface area contributed by atoms with E-state index in [1.807, 2.05) is 26.8 Å². The maximum atomic E-state index is 4.55. The molecule has 0 aromatic heterocycles. The number of hydrogen-bond acceptors (Lipinski definition) is 0. The van der Waals surface area contributed by atoms with Gasteiger partial charge in [0.15, 0.2) is 0 Å². The van der Waals surface area contributed by atoms with Crippen molar-refractivity contribution in [3.05, 3.63) is 96.1 Å². The molecule has 2 aromatic carbocycles. The molecule has 0 saturated heterocycles. The SMILES string of the molecule is C=C.C=CCC.CC.CC[CH]=[Cu].Cc1ccc(C#Cc2ccc(C)c(C)c2)cc1. The van der Waals surface area contributed by atoms with E-state index in [1.54, 1.807) is 4.92 Å². The van der Waals surface area contributed by atoms with E-state index < -0.39 is 0 Å². The Labute approximate surface area is 189 Å². The van der Waals surface area contributed by atoms with Crippen LogP contribution in [0.25, 0.3) is 0 Å². The first-order chi connectivity index (χ1) is 14.0. The van der Waals surface area contributed by atoms with E-state index in [-0.39, 0.29) is 0 Å². The van der Waals surface area contributed by atoms with Crippen LogP contribution in [0, 0.1) is 32.6 Å². The second-order valence-electron chi connectivity index (χ2n) is 5.64. The summed E-state index contributed by atoms with van der Waals surface area (Å²) in [7, 11) is 0. The average Bonchev–Trinajstić information content (AvgIpc) is 2.78. The second-order valence-corrected chi connectivity index (χ2v) is 6.03. The van der Waals surface area contributed by atoms with Crippen molar-refractivity contribution >= 4 is 4.92 Å². The molecule has 0 amide bonds. The molecule has 0 fully saturated rings. The van der Waals surface area contributed by atoms with Gasteiger partial charge in [-0.2, -0.15) is 0 Å². The minimum atomic E-state index is 1.00. The minimum absolute atomic E-state index is 1.00. The predicted octanol–water partition coefficient (Wildman–Crippen LogP) is 8.17. The number of aryl methyl sites for hydroxylation is 3. The third-order valence-corrected chi connectivity index (χ3v) is 3.71. The Kier molecular flexibility index (Phi) is 26.0. The van der Waals surface area contributed by atoms with E-state index in [9.17, 15) is 0 Å². The van der Waals surface area contributed by atoms with Crippen molar-refractivity contribution in [1.29, 1.82) is 0 Å². The first-order valence-electron chi connectivity index (χ1n) is 10.1. The molecule has 0 N–H and O–H groups in total. The summed E-state index contributed by atoms with van der Waals surface area (Å²) in [5, 5.41) is 0. The summed E-state index contributed by atoms with van der Waals surface area (Å²) >= 11 is 4.55. The van der Waals surface area contributed by atoms with Gasteiger partial charge in [0.05, 0.1) is 0 Å². The van der Waals surface area contributed by atoms with Gasteiger partial charge in [0.1, 0.15) is 0 Å². The smallest absolute Gasteiger partial charge is 0.0251 e. The van der Waals surface area contributed by atoms with Crippen LogP contribution >= 0.6 is 0 Å². The fraction of sp³-hybridized carbons (Fsp3) is 0.321. The van der Waals surface area contributed by atoms with Gasteiger partial charge in [-0.1, -0.05) is 62.5 Å². The van der Waals surface area contributed by atoms with E-state index in [0.717, 1.165) is 24.0 Å². The van der Waals surface area contributed by atoms with Gasteiger partial charge in [0.2, 0.25) is 0 Å². The molecule has 0 atom stereocenters. The summed E-state index contributed by atoms with van der Waals surface area (Å²) in [5.41, 5.74) is 6.01. The maximum Gasteiger partial charge on any atom is 0.0251 e. The van der Waals surface area contributed by atoms with Crippen molar-refractivity contribution < 1.29 is 15.6 Å². The van der Waals surface area contributed by atoms with Crippen molar-refractivity contribution in [2.75, 3.05) is 0 Å². The molecule has 0 unspecified atom stereocenters. The Morgan fingerprint density at radius 3 is 1.59 bits per heavy atom. The summed E-state index contributed by atoms with van der Waals surface area (Å²) in [6.45, 7) is 23.9. The fourth-order valence-electron chi connectivity index (χ4n) is 1.60. The van der Waals surface area contributed by atoms with Crippen LogP contribution in [-0.4, -0.2) is 4.92 Å². The molecule has 0 heterocycles. The topological polar surface area (TPSA) is 0 Å². The zero-order valence-electron chi connectivity index (χ0n) is 19.5. The molecular weight excluding hydrogens is 400 g/mol. The maximum absolute atomic E-state index is 4.55. The Morgan fingerprint density at radius 1 is 0.793 bits per heavy atom. The molecule has 0 spiro atoms. The zero-order valence-corrected chi connectivity index (χ0v) is 20.5. The second kappa shape index (κ2) is 23.9. The van der Waals surface area contributed by atoms with Crippen LogP contribution in [0.4, 0.5) is 0 Å². The first-order valence-corrected chi connectivity index (χ1v) is 10.7. The van der Waals surface area contributed by atoms with Crippen LogP contribution < -0.4 is 0 Å². The Bertz CT molecular complexity index is 704. The number of allylic oxidation sites excluding steroid dienone is 1. The van der Waals surface area contributed by atoms with Crippen LogP contribution in [0.3, 0.4) is 0 Å². The Hall–Kier alpha value is -2.13. The van der Waals surface area contributed by atoms with Gasteiger partial charge in [-0.3, -0.25) is 0 Å². The number of benzene rings is 2. The standard InChI is InChI=1S/C17H16.C4H8.C3H6.C2H6.C2H4.Cu/c1-13-4-7-16(8-5-13)10-11-17-9-6-14(2)15(3)12-17;1-3-4-2;1-3-2;2*1-2;/h4-9,12H,1-3H3;3H,1,4H2,2H3;1H,3H2,2H3;1-2H3;1-2H2;. The summed E-state index contributed by atoms with van der Waals surface area (Å²) in [6.07, 6.45) is 3.96. The van der Waals surface area contributed by atoms with E-state index in [0.29, 0.717) is 0 Å². The molecular formula is C28H40Cu. The van der Waals surface area contributed by atoms with Gasteiger partial charge in [-0.15, -0.1) is 19.7 Å². The van der Waals surface area contributed by atoms with Crippen molar-refractivity contribution in [2.45, 2.75) is 61.3 Å². The van der Waals surface area contributed by atoms with Crippen LogP contribution in [0.5, 0.6) is 0 Å². The van der Waals surface area contributed by atoms with Crippen LogP contribution in [0.15, 0.2) is 68.3 Å². The van der Waals surface area contributed by atoms with E-state index in [4.69, 9.17) is 0 Å². The van der Waals surface area contributed by atoms with Crippen molar-refractivity contribution in [1.82, 2.24) is 0 Å². The molecule has 163 valence electrons. The molecule has 1 heteroatoms. The van der Waals surface area contributed by atoms with Gasteiger partial charge in [-0.05, 0) is 62.6 Å². The van der Waals surface area contributed by atoms with E-state index >= 15 is 0 Å². The third-order valence-electron chi connectivity index (χ3n) is 3.32. The predicted molar refractivity (Wildman–Crippen MR) is 133 cm³/mol. The van der Waals surface area contributed by atoms with Crippen molar-refractivity contribution in [3.8, 4) is 11.8 Å². The largest absolute Gasteiger partial charge is 0.0617 e. The summed E-state index contributed by atoms with van der Waals surface area (Å²) in [4.78, 5) is 1.69. The molecule has 0 aliphatic carbocycles. The van der Waals surface area contributed by atoms with Gasteiger partial charge in [0, 0.05) is 11.1 Å². The summed E-state index contributed by atoms with van der Waals surface area (Å²) < 4.78 is 0. The molecule has 0 saturated carbocycles. The van der Waals surface area contributed by atoms with Gasteiger partial charge in [-0.25, -0.2) is 0 Å². The fourth-order valence-corrected chi connectivity index (χ4v) is 1.60. The number of hydrogen-bond donors (Lipinski definition) is 0. The molecule has 29 heavy (non-hydrogen) atoms. The quantitative estimate of drug-likeness (QED) is 0.251. The van der Waals surface area contributed by atoms with Crippen LogP contribution in [0.2, 0.25) is 0 Å². The molecule has 2 aromatic rings. The molecule has 2 rings (SSSR count). The monoisotopic (exact) mass is 439 g/mol. The van der Waals surface area contributed by atoms with Gasteiger partial charge in [0.25, 0.3) is 0 Å². The zero-order chi connectivity index (χ0) is 23.1. The third kappa shape index (κ3) is 19.0. The van der Waals surface area contributed by atoms with Crippen LogP contribution in [-0.2, 0) is 15.6 Å². The Morgan fingerprint density at radius 2 is 1.21 bits per heavy atom. The molecule has 0 aliphatic heterocycles. The summed E-state index contributed by atoms with van der Waals surface area (Å²) in [6, 6.07) is 14.6. The Balaban J connectivity index is -0.000000472. The normalized spacial score (nSPS) is 7.76. The van der Waals surface area contributed by atoms with Gasteiger partial charge >= 0.3 is 33.8 Å². The first kappa shape index (κ1) is 31.6. The molecule has 0 radical (unpaired) electrons.